The van der Waals surface area contributed by atoms with Gasteiger partial charge in [-0.3, -0.25) is 4.68 Å². The second kappa shape index (κ2) is 7.27. The van der Waals surface area contributed by atoms with Gasteiger partial charge in [0.2, 0.25) is 0 Å². The standard InChI is InChI=1S/C17H25N3O/c1-5-14-11-15(20(6-2)19-14)12-17(18-3)13-7-9-16(21-4)10-8-13/h7-11,17-18H,5-6,12H2,1-4H3. The molecule has 1 unspecified atom stereocenters. The topological polar surface area (TPSA) is 39.1 Å². The Bertz CT molecular complexity index is 560. The van der Waals surface area contributed by atoms with E-state index in [9.17, 15) is 0 Å². The summed E-state index contributed by atoms with van der Waals surface area (Å²) in [5, 5.41) is 8.03. The molecule has 1 aromatic carbocycles. The minimum atomic E-state index is 0.280. The van der Waals surface area contributed by atoms with Gasteiger partial charge in [0, 0.05) is 24.7 Å². The van der Waals surface area contributed by atoms with Crippen LogP contribution in [0.3, 0.4) is 0 Å². The average Bonchev–Trinajstić information content (AvgIpc) is 2.95. The number of methoxy groups -OCH3 is 1. The van der Waals surface area contributed by atoms with Crippen LogP contribution in [-0.4, -0.2) is 23.9 Å². The quantitative estimate of drug-likeness (QED) is 0.851. The molecule has 1 aromatic heterocycles. The van der Waals surface area contributed by atoms with Crippen molar-refractivity contribution in [3.8, 4) is 5.75 Å². The van der Waals surface area contributed by atoms with Crippen LogP contribution in [-0.2, 0) is 19.4 Å². The molecule has 0 amide bonds. The number of likely N-dealkylation sites (N-methyl/N-ethyl adjacent to an activating group) is 1. The predicted molar refractivity (Wildman–Crippen MR) is 85.8 cm³/mol. The van der Waals surface area contributed by atoms with Crippen molar-refractivity contribution in [3.63, 3.8) is 0 Å². The summed E-state index contributed by atoms with van der Waals surface area (Å²) in [7, 11) is 3.69. The van der Waals surface area contributed by atoms with Crippen LogP contribution >= 0.6 is 0 Å². The number of ether oxygens (including phenoxy) is 1. The van der Waals surface area contributed by atoms with Gasteiger partial charge in [0.25, 0.3) is 0 Å². The van der Waals surface area contributed by atoms with E-state index in [0.29, 0.717) is 0 Å². The van der Waals surface area contributed by atoms with Gasteiger partial charge in [-0.1, -0.05) is 19.1 Å². The Kier molecular flexibility index (Phi) is 5.39. The first-order valence-corrected chi connectivity index (χ1v) is 7.58. The highest BCUT2D eigenvalue weighted by atomic mass is 16.5. The van der Waals surface area contributed by atoms with Crippen molar-refractivity contribution in [3.05, 3.63) is 47.3 Å². The van der Waals surface area contributed by atoms with Crippen molar-refractivity contribution in [1.29, 1.82) is 0 Å². The molecule has 0 aliphatic heterocycles. The van der Waals surface area contributed by atoms with Gasteiger partial charge in [0.15, 0.2) is 0 Å². The number of hydrogen-bond acceptors (Lipinski definition) is 3. The number of nitrogens with one attached hydrogen (secondary N) is 1. The van der Waals surface area contributed by atoms with E-state index in [0.717, 1.165) is 30.8 Å². The summed E-state index contributed by atoms with van der Waals surface area (Å²) in [5.41, 5.74) is 3.71. The lowest BCUT2D eigenvalue weighted by molar-refractivity contribution is 0.414. The summed E-state index contributed by atoms with van der Waals surface area (Å²) in [6.45, 7) is 5.19. The number of rotatable bonds is 7. The lowest BCUT2D eigenvalue weighted by atomic mass is 10.0. The second-order valence-electron chi connectivity index (χ2n) is 5.11. The monoisotopic (exact) mass is 287 g/mol. The van der Waals surface area contributed by atoms with Gasteiger partial charge in [0.1, 0.15) is 5.75 Å². The third-order valence-corrected chi connectivity index (χ3v) is 3.86. The third kappa shape index (κ3) is 3.64. The summed E-state index contributed by atoms with van der Waals surface area (Å²) in [6.07, 6.45) is 1.91. The molecular weight excluding hydrogens is 262 g/mol. The first-order valence-electron chi connectivity index (χ1n) is 7.58. The van der Waals surface area contributed by atoms with Gasteiger partial charge in [-0.05, 0) is 44.2 Å². The SMILES string of the molecule is CCc1cc(CC(NC)c2ccc(OC)cc2)n(CC)n1. The van der Waals surface area contributed by atoms with E-state index in [1.807, 2.05) is 19.2 Å². The number of aromatic nitrogens is 2. The summed E-state index contributed by atoms with van der Waals surface area (Å²) in [4.78, 5) is 0. The van der Waals surface area contributed by atoms with Crippen molar-refractivity contribution in [1.82, 2.24) is 15.1 Å². The van der Waals surface area contributed by atoms with Crippen LogP contribution in [0.15, 0.2) is 30.3 Å². The Hall–Kier alpha value is -1.81. The van der Waals surface area contributed by atoms with Crippen molar-refractivity contribution in [2.24, 2.45) is 0 Å². The third-order valence-electron chi connectivity index (χ3n) is 3.86. The summed E-state index contributed by atoms with van der Waals surface area (Å²) < 4.78 is 7.32. The molecule has 4 heteroatoms. The van der Waals surface area contributed by atoms with Crippen LogP contribution in [0.5, 0.6) is 5.75 Å². The highest BCUT2D eigenvalue weighted by Crippen LogP contribution is 2.21. The van der Waals surface area contributed by atoms with Gasteiger partial charge in [0.05, 0.1) is 12.8 Å². The van der Waals surface area contributed by atoms with Crippen LogP contribution in [0.2, 0.25) is 0 Å². The summed E-state index contributed by atoms with van der Waals surface area (Å²) in [6, 6.07) is 10.8. The first-order chi connectivity index (χ1) is 10.2. The molecule has 2 aromatic rings. The molecule has 0 aliphatic rings. The maximum Gasteiger partial charge on any atom is 0.118 e. The lowest BCUT2D eigenvalue weighted by Crippen LogP contribution is -2.20. The molecule has 0 bridgehead atoms. The van der Waals surface area contributed by atoms with E-state index in [1.165, 1.54) is 11.3 Å². The molecule has 0 saturated heterocycles. The zero-order valence-corrected chi connectivity index (χ0v) is 13.4. The molecule has 0 saturated carbocycles. The van der Waals surface area contributed by atoms with Gasteiger partial charge in [-0.25, -0.2) is 0 Å². The zero-order valence-electron chi connectivity index (χ0n) is 13.4. The zero-order chi connectivity index (χ0) is 15.2. The average molecular weight is 287 g/mol. The van der Waals surface area contributed by atoms with Crippen LogP contribution < -0.4 is 10.1 Å². The van der Waals surface area contributed by atoms with Crippen LogP contribution in [0.25, 0.3) is 0 Å². The number of hydrogen-bond donors (Lipinski definition) is 1. The molecule has 2 rings (SSSR count). The van der Waals surface area contributed by atoms with E-state index in [2.05, 4.69) is 47.1 Å². The summed E-state index contributed by atoms with van der Waals surface area (Å²) in [5.74, 6) is 0.889. The van der Waals surface area contributed by atoms with Crippen LogP contribution in [0, 0.1) is 0 Å². The fourth-order valence-electron chi connectivity index (χ4n) is 2.56. The molecule has 114 valence electrons. The summed E-state index contributed by atoms with van der Waals surface area (Å²) >= 11 is 0. The van der Waals surface area contributed by atoms with E-state index in [-0.39, 0.29) is 6.04 Å². The Balaban J connectivity index is 2.19. The minimum absolute atomic E-state index is 0.280. The molecule has 1 N–H and O–H groups in total. The highest BCUT2D eigenvalue weighted by Gasteiger charge is 2.14. The largest absolute Gasteiger partial charge is 0.497 e. The number of benzene rings is 1. The number of nitrogens with zero attached hydrogens (tertiary/aromatic N) is 2. The molecule has 0 aliphatic carbocycles. The molecule has 4 nitrogen and oxygen atoms in total. The van der Waals surface area contributed by atoms with Crippen molar-refractivity contribution in [2.45, 2.75) is 39.3 Å². The minimum Gasteiger partial charge on any atom is -0.497 e. The van der Waals surface area contributed by atoms with Crippen molar-refractivity contribution < 1.29 is 4.74 Å². The fraction of sp³-hybridized carbons (Fsp3) is 0.471. The molecule has 21 heavy (non-hydrogen) atoms. The molecule has 1 atom stereocenters. The van der Waals surface area contributed by atoms with E-state index >= 15 is 0 Å². The van der Waals surface area contributed by atoms with Crippen molar-refractivity contribution in [2.75, 3.05) is 14.2 Å². The van der Waals surface area contributed by atoms with E-state index in [1.54, 1.807) is 7.11 Å². The van der Waals surface area contributed by atoms with E-state index < -0.39 is 0 Å². The van der Waals surface area contributed by atoms with Gasteiger partial charge >= 0.3 is 0 Å². The molecule has 0 radical (unpaired) electrons. The molecule has 0 fully saturated rings. The molecule has 0 spiro atoms. The van der Waals surface area contributed by atoms with Crippen molar-refractivity contribution >= 4 is 0 Å². The smallest absolute Gasteiger partial charge is 0.118 e. The first kappa shape index (κ1) is 15.6. The number of aryl methyl sites for hydroxylation is 2. The lowest BCUT2D eigenvalue weighted by Gasteiger charge is -2.17. The normalized spacial score (nSPS) is 12.4. The van der Waals surface area contributed by atoms with Gasteiger partial charge < -0.3 is 10.1 Å². The van der Waals surface area contributed by atoms with Gasteiger partial charge in [-0.15, -0.1) is 0 Å². The van der Waals surface area contributed by atoms with Crippen LogP contribution in [0.4, 0.5) is 0 Å². The Morgan fingerprint density at radius 2 is 1.95 bits per heavy atom. The maximum absolute atomic E-state index is 5.22. The highest BCUT2D eigenvalue weighted by molar-refractivity contribution is 5.30. The molecule has 1 heterocycles. The molecular formula is C17H25N3O. The maximum atomic E-state index is 5.22. The Labute approximate surface area is 127 Å². The van der Waals surface area contributed by atoms with Gasteiger partial charge in [-0.2, -0.15) is 5.10 Å². The Morgan fingerprint density at radius 1 is 1.24 bits per heavy atom. The predicted octanol–water partition coefficient (Wildman–Crippen LogP) is 2.98. The fourth-order valence-corrected chi connectivity index (χ4v) is 2.56. The Morgan fingerprint density at radius 3 is 2.48 bits per heavy atom. The van der Waals surface area contributed by atoms with E-state index in [4.69, 9.17) is 4.74 Å². The van der Waals surface area contributed by atoms with Crippen LogP contribution in [0.1, 0.15) is 36.8 Å². The second-order valence-corrected chi connectivity index (χ2v) is 5.11.